The Labute approximate surface area is 213 Å². The highest BCUT2D eigenvalue weighted by Crippen LogP contribution is 2.47. The minimum Gasteiger partial charge on any atom is -0.338 e. The number of aromatic nitrogens is 1. The molecule has 0 spiro atoms. The van der Waals surface area contributed by atoms with Crippen molar-refractivity contribution < 1.29 is 9.59 Å². The van der Waals surface area contributed by atoms with Gasteiger partial charge in [-0.3, -0.25) is 14.3 Å². The number of anilines is 1. The molecule has 35 heavy (non-hydrogen) atoms. The minimum absolute atomic E-state index is 0.0806. The van der Waals surface area contributed by atoms with Gasteiger partial charge in [-0.1, -0.05) is 77.1 Å². The van der Waals surface area contributed by atoms with E-state index in [4.69, 9.17) is 0 Å². The first kappa shape index (κ1) is 24.0. The number of nitrogens with one attached hydrogen (secondary N) is 1. The minimum atomic E-state index is -0.207. The molecule has 1 N–H and O–H groups in total. The standard InChI is InChI=1S/C29H35N3O2S/c1-29(2,3)18-25(33)31-15-16-32-24-17-20(28(34)30-35)13-14-21(24)26(19-9-5-4-6-10-19)27(32)22-11-7-8-12-23(22)31/h7-8,11-14,17,19,35H,4-6,9-10,15-16,18H2,1-3H3,(H,30,34). The lowest BCUT2D eigenvalue weighted by Crippen LogP contribution is -2.35. The summed E-state index contributed by atoms with van der Waals surface area (Å²) in [7, 11) is 0. The highest BCUT2D eigenvalue weighted by Gasteiger charge is 2.32. The van der Waals surface area contributed by atoms with E-state index in [0.717, 1.165) is 16.8 Å². The summed E-state index contributed by atoms with van der Waals surface area (Å²) in [5.74, 6) is 0.437. The summed E-state index contributed by atoms with van der Waals surface area (Å²) in [5.41, 5.74) is 6.30. The van der Waals surface area contributed by atoms with Gasteiger partial charge in [0.25, 0.3) is 5.91 Å². The summed E-state index contributed by atoms with van der Waals surface area (Å²) >= 11 is 3.98. The third-order valence-electron chi connectivity index (χ3n) is 7.46. The van der Waals surface area contributed by atoms with Gasteiger partial charge in [-0.2, -0.15) is 0 Å². The van der Waals surface area contributed by atoms with Gasteiger partial charge in [0.1, 0.15) is 0 Å². The number of nitrogens with zero attached hydrogens (tertiary/aromatic N) is 2. The van der Waals surface area contributed by atoms with Crippen molar-refractivity contribution in [3.8, 4) is 11.3 Å². The predicted octanol–water partition coefficient (Wildman–Crippen LogP) is 6.71. The zero-order valence-corrected chi connectivity index (χ0v) is 21.8. The van der Waals surface area contributed by atoms with E-state index in [1.54, 1.807) is 0 Å². The monoisotopic (exact) mass is 489 g/mol. The van der Waals surface area contributed by atoms with Gasteiger partial charge < -0.3 is 9.47 Å². The second-order valence-electron chi connectivity index (χ2n) is 11.2. The van der Waals surface area contributed by atoms with Crippen LogP contribution >= 0.6 is 12.8 Å². The average molecular weight is 490 g/mol. The van der Waals surface area contributed by atoms with Crippen LogP contribution in [-0.4, -0.2) is 22.9 Å². The molecule has 1 aromatic heterocycles. The molecule has 0 saturated heterocycles. The van der Waals surface area contributed by atoms with Crippen molar-refractivity contribution in [2.24, 2.45) is 5.41 Å². The molecular weight excluding hydrogens is 454 g/mol. The molecule has 2 aliphatic rings. The normalized spacial score (nSPS) is 16.5. The maximum Gasteiger partial charge on any atom is 0.260 e. The van der Waals surface area contributed by atoms with Crippen LogP contribution in [0.2, 0.25) is 0 Å². The molecule has 2 amide bonds. The van der Waals surface area contributed by atoms with Gasteiger partial charge in [-0.15, -0.1) is 0 Å². The van der Waals surface area contributed by atoms with Crippen molar-refractivity contribution in [3.63, 3.8) is 0 Å². The maximum atomic E-state index is 13.5. The molecule has 0 unspecified atom stereocenters. The fourth-order valence-electron chi connectivity index (χ4n) is 5.95. The lowest BCUT2D eigenvalue weighted by molar-refractivity contribution is -0.120. The lowest BCUT2D eigenvalue weighted by atomic mass is 9.81. The van der Waals surface area contributed by atoms with Crippen molar-refractivity contribution in [2.45, 2.75) is 71.8 Å². The first-order valence-corrected chi connectivity index (χ1v) is 13.2. The van der Waals surface area contributed by atoms with Crippen molar-refractivity contribution >= 4 is 41.2 Å². The Morgan fingerprint density at radius 3 is 2.49 bits per heavy atom. The molecular formula is C29H35N3O2S. The molecule has 5 rings (SSSR count). The van der Waals surface area contributed by atoms with E-state index in [9.17, 15) is 9.59 Å². The molecule has 2 aromatic carbocycles. The summed E-state index contributed by atoms with van der Waals surface area (Å²) in [4.78, 5) is 27.9. The van der Waals surface area contributed by atoms with Crippen molar-refractivity contribution in [2.75, 3.05) is 11.4 Å². The van der Waals surface area contributed by atoms with E-state index >= 15 is 0 Å². The molecule has 1 aliphatic carbocycles. The number of hydrogen-bond acceptors (Lipinski definition) is 3. The van der Waals surface area contributed by atoms with Gasteiger partial charge >= 0.3 is 0 Å². The van der Waals surface area contributed by atoms with Crippen LogP contribution < -0.4 is 9.62 Å². The molecule has 5 nitrogen and oxygen atoms in total. The van der Waals surface area contributed by atoms with Gasteiger partial charge in [0.15, 0.2) is 0 Å². The van der Waals surface area contributed by atoms with E-state index in [1.807, 2.05) is 23.1 Å². The Morgan fingerprint density at radius 2 is 1.77 bits per heavy atom. The van der Waals surface area contributed by atoms with Crippen LogP contribution in [0.1, 0.15) is 81.1 Å². The molecule has 1 fully saturated rings. The van der Waals surface area contributed by atoms with Gasteiger partial charge in [0, 0.05) is 41.5 Å². The molecule has 1 aliphatic heterocycles. The van der Waals surface area contributed by atoms with E-state index in [1.165, 1.54) is 48.7 Å². The summed E-state index contributed by atoms with van der Waals surface area (Å²) in [6.07, 6.45) is 6.64. The third kappa shape index (κ3) is 4.49. The van der Waals surface area contributed by atoms with Gasteiger partial charge in [-0.05, 0) is 47.9 Å². The first-order valence-electron chi connectivity index (χ1n) is 12.8. The van der Waals surface area contributed by atoms with Crippen LogP contribution in [0.25, 0.3) is 22.2 Å². The zero-order valence-electron chi connectivity index (χ0n) is 20.9. The second-order valence-corrected chi connectivity index (χ2v) is 11.4. The summed E-state index contributed by atoms with van der Waals surface area (Å²) in [6, 6.07) is 14.4. The molecule has 0 radical (unpaired) electrons. The molecule has 6 heteroatoms. The topological polar surface area (TPSA) is 54.3 Å². The van der Waals surface area contributed by atoms with Gasteiger partial charge in [-0.25, -0.2) is 0 Å². The fraction of sp³-hybridized carbons (Fsp3) is 0.448. The van der Waals surface area contributed by atoms with Crippen LogP contribution in [0.3, 0.4) is 0 Å². The molecule has 2 heterocycles. The molecule has 0 bridgehead atoms. The smallest absolute Gasteiger partial charge is 0.260 e. The predicted molar refractivity (Wildman–Crippen MR) is 146 cm³/mol. The molecule has 184 valence electrons. The largest absolute Gasteiger partial charge is 0.338 e. The number of carbonyl (C=O) groups excluding carboxylic acids is 2. The molecule has 0 atom stereocenters. The van der Waals surface area contributed by atoms with Crippen molar-refractivity contribution in [1.82, 2.24) is 9.29 Å². The van der Waals surface area contributed by atoms with Gasteiger partial charge in [0.05, 0.1) is 11.4 Å². The SMILES string of the molecule is CC(C)(C)CC(=O)N1CCn2c(c(C3CCCCC3)c3ccc(C(=O)NS)cc32)-c2ccccc21. The molecule has 1 saturated carbocycles. The van der Waals surface area contributed by atoms with E-state index < -0.39 is 0 Å². The Bertz CT molecular complexity index is 1280. The highest BCUT2D eigenvalue weighted by atomic mass is 32.1. The van der Waals surface area contributed by atoms with Crippen LogP contribution in [0.15, 0.2) is 42.5 Å². The second kappa shape index (κ2) is 9.38. The average Bonchev–Trinajstić information content (AvgIpc) is 3.06. The number of rotatable bonds is 3. The van der Waals surface area contributed by atoms with Crippen LogP contribution in [0.5, 0.6) is 0 Å². The van der Waals surface area contributed by atoms with Gasteiger partial charge in [0.2, 0.25) is 5.91 Å². The Kier molecular flexibility index (Phi) is 6.43. The highest BCUT2D eigenvalue weighted by molar-refractivity contribution is 7.78. The number of thiol groups is 1. The summed E-state index contributed by atoms with van der Waals surface area (Å²) in [5, 5.41) is 1.23. The quantitative estimate of drug-likeness (QED) is 0.402. The maximum absolute atomic E-state index is 13.5. The molecule has 3 aromatic rings. The lowest BCUT2D eigenvalue weighted by Gasteiger charge is -2.27. The van der Waals surface area contributed by atoms with E-state index in [-0.39, 0.29) is 17.2 Å². The van der Waals surface area contributed by atoms with Crippen molar-refractivity contribution in [3.05, 3.63) is 53.6 Å². The summed E-state index contributed by atoms with van der Waals surface area (Å²) in [6.45, 7) is 7.63. The third-order valence-corrected chi connectivity index (χ3v) is 7.66. The fourth-order valence-corrected chi connectivity index (χ4v) is 6.08. The number of benzene rings is 2. The van der Waals surface area contributed by atoms with E-state index in [0.29, 0.717) is 31.0 Å². The first-order chi connectivity index (χ1) is 16.8. The number of carbonyl (C=O) groups is 2. The van der Waals surface area contributed by atoms with Crippen LogP contribution in [0.4, 0.5) is 5.69 Å². The Balaban J connectivity index is 1.74. The Morgan fingerprint density at radius 1 is 1.03 bits per heavy atom. The van der Waals surface area contributed by atoms with E-state index in [2.05, 4.69) is 67.1 Å². The number of hydrogen-bond donors (Lipinski definition) is 2. The van der Waals surface area contributed by atoms with Crippen LogP contribution in [-0.2, 0) is 11.3 Å². The van der Waals surface area contributed by atoms with Crippen molar-refractivity contribution in [1.29, 1.82) is 0 Å². The summed E-state index contributed by atoms with van der Waals surface area (Å²) < 4.78 is 4.82. The number of amides is 2. The Hall–Kier alpha value is -2.73. The van der Waals surface area contributed by atoms with Crippen LogP contribution in [0, 0.1) is 5.41 Å². The number of para-hydroxylation sites is 1. The zero-order chi connectivity index (χ0) is 24.7. The number of fused-ring (bicyclic) bond motifs is 5.